The second kappa shape index (κ2) is 15.4. The zero-order valence-corrected chi connectivity index (χ0v) is 20.1. The van der Waals surface area contributed by atoms with E-state index in [2.05, 4.69) is 23.3 Å². The van der Waals surface area contributed by atoms with Gasteiger partial charge in [0.05, 0.1) is 20.8 Å². The Morgan fingerprint density at radius 2 is 1.83 bits per heavy atom. The minimum atomic E-state index is -0.142. The molecule has 2 aliphatic carbocycles. The second-order valence-corrected chi connectivity index (χ2v) is 8.47. The standard InChI is InChI=1S/C12H19NO2.C11H13Cl2NS/c1-10(14)8-9-12(15)13-11-6-4-2-3-5-7-11;1-2-5-10(15)14-11-8(12)6-3-4-7-9(11)13/h8-9,11H,2-7H2,1H3,(H,13,15);3,5-7,14-15H,2,4H2,1H3/b9-8+;10-5+. The quantitative estimate of drug-likeness (QED) is 0.243. The van der Waals surface area contributed by atoms with Crippen molar-refractivity contribution >= 4 is 47.5 Å². The molecule has 2 aliphatic rings. The van der Waals surface area contributed by atoms with Gasteiger partial charge in [-0.15, -0.1) is 12.6 Å². The van der Waals surface area contributed by atoms with Crippen LogP contribution >= 0.6 is 35.8 Å². The average molecular weight is 471 g/mol. The number of carbonyl (C=O) groups is 2. The van der Waals surface area contributed by atoms with Crippen molar-refractivity contribution in [3.8, 4) is 0 Å². The van der Waals surface area contributed by atoms with Gasteiger partial charge in [0.25, 0.3) is 0 Å². The van der Waals surface area contributed by atoms with Crippen molar-refractivity contribution in [2.24, 2.45) is 0 Å². The van der Waals surface area contributed by atoms with E-state index in [1.54, 1.807) is 0 Å². The zero-order valence-electron chi connectivity index (χ0n) is 17.7. The summed E-state index contributed by atoms with van der Waals surface area (Å²) in [7, 11) is 0. The molecule has 1 saturated carbocycles. The third-order valence-corrected chi connectivity index (χ3v) is 5.45. The lowest BCUT2D eigenvalue weighted by Crippen LogP contribution is -2.33. The number of amides is 1. The first kappa shape index (κ1) is 26.6. The predicted octanol–water partition coefficient (Wildman–Crippen LogP) is 6.26. The summed E-state index contributed by atoms with van der Waals surface area (Å²) in [4.78, 5) is 22.0. The van der Waals surface area contributed by atoms with Crippen LogP contribution in [0.4, 0.5) is 0 Å². The number of rotatable bonds is 6. The van der Waals surface area contributed by atoms with Gasteiger partial charge in [0.15, 0.2) is 5.78 Å². The van der Waals surface area contributed by atoms with Crippen molar-refractivity contribution in [2.75, 3.05) is 0 Å². The summed E-state index contributed by atoms with van der Waals surface area (Å²) in [6.07, 6.45) is 19.1. The molecule has 30 heavy (non-hydrogen) atoms. The molecule has 2 rings (SSSR count). The van der Waals surface area contributed by atoms with Crippen LogP contribution in [0.2, 0.25) is 0 Å². The third-order valence-electron chi connectivity index (χ3n) is 4.50. The Bertz CT molecular complexity index is 731. The number of hydrogen-bond acceptors (Lipinski definition) is 4. The number of halogens is 2. The maximum atomic E-state index is 11.4. The highest BCUT2D eigenvalue weighted by Crippen LogP contribution is 2.25. The van der Waals surface area contributed by atoms with Crippen LogP contribution in [0.3, 0.4) is 0 Å². The van der Waals surface area contributed by atoms with Crippen molar-refractivity contribution in [1.82, 2.24) is 10.6 Å². The van der Waals surface area contributed by atoms with E-state index in [9.17, 15) is 9.59 Å². The van der Waals surface area contributed by atoms with Crippen molar-refractivity contribution in [1.29, 1.82) is 0 Å². The Balaban J connectivity index is 0.000000300. The minimum absolute atomic E-state index is 0.0917. The molecule has 4 nitrogen and oxygen atoms in total. The summed E-state index contributed by atoms with van der Waals surface area (Å²) in [6, 6.07) is 0.302. The summed E-state index contributed by atoms with van der Waals surface area (Å²) in [5.74, 6) is -0.233. The lowest BCUT2D eigenvalue weighted by Gasteiger charge is -2.14. The molecule has 0 aromatic carbocycles. The first-order chi connectivity index (χ1) is 14.3. The minimum Gasteiger partial charge on any atom is -0.350 e. The molecule has 0 bridgehead atoms. The largest absolute Gasteiger partial charge is 0.350 e. The molecule has 0 aromatic rings. The van der Waals surface area contributed by atoms with Gasteiger partial charge in [0.1, 0.15) is 0 Å². The molecular formula is C23H32Cl2N2O2S. The summed E-state index contributed by atoms with van der Waals surface area (Å²) < 4.78 is 0. The molecule has 166 valence electrons. The van der Waals surface area contributed by atoms with E-state index in [1.165, 1.54) is 44.8 Å². The summed E-state index contributed by atoms with van der Waals surface area (Å²) in [5.41, 5.74) is 0.710. The van der Waals surface area contributed by atoms with Crippen LogP contribution in [0.15, 0.2) is 57.2 Å². The van der Waals surface area contributed by atoms with Crippen LogP contribution in [0.5, 0.6) is 0 Å². The van der Waals surface area contributed by atoms with Gasteiger partial charge in [-0.25, -0.2) is 0 Å². The van der Waals surface area contributed by atoms with Crippen LogP contribution in [-0.2, 0) is 9.59 Å². The van der Waals surface area contributed by atoms with Crippen molar-refractivity contribution < 1.29 is 9.59 Å². The summed E-state index contributed by atoms with van der Waals surface area (Å²) >= 11 is 16.4. The molecule has 0 aromatic heterocycles. The van der Waals surface area contributed by atoms with Gasteiger partial charge in [-0.2, -0.15) is 0 Å². The van der Waals surface area contributed by atoms with Crippen molar-refractivity contribution in [3.05, 3.63) is 57.2 Å². The lowest BCUT2D eigenvalue weighted by atomic mass is 10.1. The molecule has 1 fully saturated rings. The number of thiol groups is 1. The molecule has 0 unspecified atom stereocenters. The van der Waals surface area contributed by atoms with Crippen LogP contribution in [-0.4, -0.2) is 17.7 Å². The van der Waals surface area contributed by atoms with E-state index < -0.39 is 0 Å². The monoisotopic (exact) mass is 470 g/mol. The number of ketones is 1. The van der Waals surface area contributed by atoms with E-state index in [-0.39, 0.29) is 11.7 Å². The van der Waals surface area contributed by atoms with E-state index in [0.29, 0.717) is 21.8 Å². The number of carbonyl (C=O) groups excluding carboxylic acids is 2. The Hall–Kier alpha value is -1.43. The Labute approximate surface area is 195 Å². The number of nitrogens with one attached hydrogen (secondary N) is 2. The molecule has 0 saturated heterocycles. The normalized spacial score (nSPS) is 18.2. The fourth-order valence-electron chi connectivity index (χ4n) is 3.00. The van der Waals surface area contributed by atoms with Gasteiger partial charge in [0, 0.05) is 12.1 Å². The molecule has 0 aliphatic heterocycles. The predicted molar refractivity (Wildman–Crippen MR) is 131 cm³/mol. The van der Waals surface area contributed by atoms with Crippen molar-refractivity contribution in [3.63, 3.8) is 0 Å². The smallest absolute Gasteiger partial charge is 0.244 e. The summed E-state index contributed by atoms with van der Waals surface area (Å²) in [6.45, 7) is 3.48. The van der Waals surface area contributed by atoms with Crippen LogP contribution < -0.4 is 10.6 Å². The Morgan fingerprint density at radius 3 is 2.43 bits per heavy atom. The van der Waals surface area contributed by atoms with Gasteiger partial charge in [-0.3, -0.25) is 9.59 Å². The highest BCUT2D eigenvalue weighted by atomic mass is 35.5. The van der Waals surface area contributed by atoms with E-state index in [4.69, 9.17) is 23.2 Å². The molecule has 0 radical (unpaired) electrons. The Kier molecular flexibility index (Phi) is 13.6. The number of hydrogen-bond donors (Lipinski definition) is 3. The van der Waals surface area contributed by atoms with Gasteiger partial charge in [-0.1, -0.05) is 74.0 Å². The Morgan fingerprint density at radius 1 is 1.17 bits per heavy atom. The molecule has 7 heteroatoms. The van der Waals surface area contributed by atoms with E-state index >= 15 is 0 Å². The highest BCUT2D eigenvalue weighted by molar-refractivity contribution is 7.84. The first-order valence-electron chi connectivity index (χ1n) is 10.4. The van der Waals surface area contributed by atoms with Crippen LogP contribution in [0, 0.1) is 0 Å². The molecule has 2 N–H and O–H groups in total. The number of allylic oxidation sites excluding steroid dienone is 7. The van der Waals surface area contributed by atoms with E-state index in [0.717, 1.165) is 30.7 Å². The van der Waals surface area contributed by atoms with Gasteiger partial charge >= 0.3 is 0 Å². The first-order valence-corrected chi connectivity index (χ1v) is 11.6. The highest BCUT2D eigenvalue weighted by Gasteiger charge is 2.13. The molecular weight excluding hydrogens is 439 g/mol. The average Bonchev–Trinajstić information content (AvgIpc) is 3.04. The lowest BCUT2D eigenvalue weighted by molar-refractivity contribution is -0.118. The zero-order chi connectivity index (χ0) is 22.4. The molecule has 0 atom stereocenters. The molecule has 0 spiro atoms. The topological polar surface area (TPSA) is 58.2 Å². The van der Waals surface area contributed by atoms with Gasteiger partial charge in [0.2, 0.25) is 5.91 Å². The third kappa shape index (κ3) is 11.7. The maximum Gasteiger partial charge on any atom is 0.244 e. The van der Waals surface area contributed by atoms with Gasteiger partial charge in [-0.05, 0) is 44.8 Å². The van der Waals surface area contributed by atoms with Crippen molar-refractivity contribution in [2.45, 2.75) is 71.3 Å². The second-order valence-electron chi connectivity index (χ2n) is 7.18. The maximum absolute atomic E-state index is 11.4. The fraction of sp³-hybridized carbons (Fsp3) is 0.478. The van der Waals surface area contributed by atoms with Crippen LogP contribution in [0.25, 0.3) is 0 Å². The fourth-order valence-corrected chi connectivity index (χ4v) is 3.82. The van der Waals surface area contributed by atoms with Crippen LogP contribution in [0.1, 0.15) is 65.2 Å². The van der Waals surface area contributed by atoms with E-state index in [1.807, 2.05) is 31.2 Å². The van der Waals surface area contributed by atoms with Gasteiger partial charge < -0.3 is 10.6 Å². The summed E-state index contributed by atoms with van der Waals surface area (Å²) in [5, 5.41) is 8.00. The SMILES string of the molecule is CC(=O)/C=C/C(=O)NC1CCCCCC1.CC/C=C(/S)NC1=C(Cl)C=CCC=C1Cl. The molecule has 0 heterocycles. The molecule has 1 amide bonds.